The van der Waals surface area contributed by atoms with Crippen LogP contribution in [0.5, 0.6) is 5.75 Å². The van der Waals surface area contributed by atoms with Gasteiger partial charge in [-0.1, -0.05) is 41.7 Å². The van der Waals surface area contributed by atoms with E-state index in [2.05, 4.69) is 21.6 Å². The van der Waals surface area contributed by atoms with Crippen LogP contribution in [0, 0.1) is 0 Å². The fraction of sp³-hybridized carbons (Fsp3) is 0.231. The highest BCUT2D eigenvalue weighted by atomic mass is 32.1. The summed E-state index contributed by atoms with van der Waals surface area (Å²) in [5, 5.41) is 13.9. The minimum Gasteiger partial charge on any atom is -0.497 e. The molecule has 1 saturated carbocycles. The minimum atomic E-state index is -0.144. The van der Waals surface area contributed by atoms with E-state index < -0.39 is 0 Å². The number of carbonyl (C=O) groups is 1. The Morgan fingerprint density at radius 1 is 1.09 bits per heavy atom. The van der Waals surface area contributed by atoms with Crippen LogP contribution in [0.2, 0.25) is 0 Å². The Hall–Kier alpha value is -3.58. The van der Waals surface area contributed by atoms with Gasteiger partial charge >= 0.3 is 0 Å². The van der Waals surface area contributed by atoms with Crippen molar-refractivity contribution in [2.45, 2.75) is 31.6 Å². The number of nitrogens with one attached hydrogen (secondary N) is 1. The van der Waals surface area contributed by atoms with Crippen LogP contribution >= 0.6 is 11.3 Å². The first-order chi connectivity index (χ1) is 16.2. The zero-order valence-electron chi connectivity index (χ0n) is 18.2. The summed E-state index contributed by atoms with van der Waals surface area (Å²) in [6.07, 6.45) is 6.10. The van der Waals surface area contributed by atoms with Gasteiger partial charge in [0.15, 0.2) is 0 Å². The molecule has 4 aromatic rings. The maximum absolute atomic E-state index is 13.5. The van der Waals surface area contributed by atoms with Gasteiger partial charge < -0.3 is 4.74 Å². The van der Waals surface area contributed by atoms with Gasteiger partial charge in [-0.15, -0.1) is 10.2 Å². The highest BCUT2D eigenvalue weighted by Gasteiger charge is 2.29. The number of aromatic nitrogens is 3. The Kier molecular flexibility index (Phi) is 4.91. The Morgan fingerprint density at radius 3 is 2.70 bits per heavy atom. The van der Waals surface area contributed by atoms with Crippen molar-refractivity contribution in [3.63, 3.8) is 0 Å². The molecule has 0 atom stereocenters. The standard InChI is InChI=1S/C26H22N4O2S/c1-32-18-11-6-15(7-12-18)14-17-10-13-20-22(19-4-2-3-5-21(19)27-23(17)20)24(31)28-26-30-29-25(33-26)16-8-9-16/h2-7,11-12,14,16H,8-10,13H2,1H3,(H,28,30,31)/b17-14+. The first kappa shape index (κ1) is 20.1. The number of allylic oxidation sites excluding steroid dienone is 1. The van der Waals surface area contributed by atoms with Gasteiger partial charge in [-0.05, 0) is 66.7 Å². The molecule has 6 nitrogen and oxygen atoms in total. The van der Waals surface area contributed by atoms with Crippen LogP contribution < -0.4 is 10.1 Å². The Labute approximate surface area is 195 Å². The van der Waals surface area contributed by atoms with Gasteiger partial charge in [-0.3, -0.25) is 10.1 Å². The molecule has 0 radical (unpaired) electrons. The Bertz CT molecular complexity index is 1400. The number of rotatable bonds is 5. The largest absolute Gasteiger partial charge is 0.497 e. The Balaban J connectivity index is 1.40. The van der Waals surface area contributed by atoms with Gasteiger partial charge in [-0.2, -0.15) is 0 Å². The van der Waals surface area contributed by atoms with E-state index in [0.717, 1.165) is 69.7 Å². The van der Waals surface area contributed by atoms with E-state index >= 15 is 0 Å². The maximum Gasteiger partial charge on any atom is 0.258 e. The first-order valence-electron chi connectivity index (χ1n) is 11.1. The summed E-state index contributed by atoms with van der Waals surface area (Å²) in [7, 11) is 1.66. The van der Waals surface area contributed by atoms with E-state index in [9.17, 15) is 4.79 Å². The van der Waals surface area contributed by atoms with Crippen molar-refractivity contribution < 1.29 is 9.53 Å². The summed E-state index contributed by atoms with van der Waals surface area (Å²) in [5.41, 5.74) is 5.64. The number of para-hydroxylation sites is 1. The molecular formula is C26H22N4O2S. The molecule has 0 saturated heterocycles. The molecule has 2 heterocycles. The van der Waals surface area contributed by atoms with Crippen LogP contribution in [-0.2, 0) is 6.42 Å². The molecule has 0 spiro atoms. The molecular weight excluding hydrogens is 432 g/mol. The van der Waals surface area contributed by atoms with Crippen molar-refractivity contribution in [2.75, 3.05) is 12.4 Å². The average Bonchev–Trinajstić information content (AvgIpc) is 3.47. The number of methoxy groups -OCH3 is 1. The summed E-state index contributed by atoms with van der Waals surface area (Å²) < 4.78 is 5.27. The summed E-state index contributed by atoms with van der Waals surface area (Å²) in [5.74, 6) is 1.20. The second kappa shape index (κ2) is 8.08. The highest BCUT2D eigenvalue weighted by molar-refractivity contribution is 7.15. The van der Waals surface area contributed by atoms with Gasteiger partial charge in [0.1, 0.15) is 10.8 Å². The van der Waals surface area contributed by atoms with Crippen molar-refractivity contribution in [1.82, 2.24) is 15.2 Å². The van der Waals surface area contributed by atoms with E-state index in [4.69, 9.17) is 9.72 Å². The SMILES string of the molecule is COc1ccc(/C=C2\CCc3c2nc2ccccc2c3C(=O)Nc2nnc(C3CC3)s2)cc1. The number of benzene rings is 2. The topological polar surface area (TPSA) is 77.0 Å². The van der Waals surface area contributed by atoms with Crippen molar-refractivity contribution in [2.24, 2.45) is 0 Å². The third kappa shape index (κ3) is 3.78. The fourth-order valence-corrected chi connectivity index (χ4v) is 5.29. The zero-order chi connectivity index (χ0) is 22.4. The lowest BCUT2D eigenvalue weighted by Gasteiger charge is -2.12. The van der Waals surface area contributed by atoms with E-state index in [0.29, 0.717) is 16.6 Å². The lowest BCUT2D eigenvalue weighted by Crippen LogP contribution is -2.15. The van der Waals surface area contributed by atoms with E-state index in [1.54, 1.807) is 7.11 Å². The van der Waals surface area contributed by atoms with Crippen molar-refractivity contribution in [1.29, 1.82) is 0 Å². The van der Waals surface area contributed by atoms with Crippen LogP contribution in [0.3, 0.4) is 0 Å². The van der Waals surface area contributed by atoms with Gasteiger partial charge in [0.25, 0.3) is 5.91 Å². The number of carbonyl (C=O) groups excluding carboxylic acids is 1. The number of amides is 1. The summed E-state index contributed by atoms with van der Waals surface area (Å²) in [6.45, 7) is 0. The molecule has 1 N–H and O–H groups in total. The van der Waals surface area contributed by atoms with Crippen molar-refractivity contribution >= 4 is 44.9 Å². The Morgan fingerprint density at radius 2 is 1.91 bits per heavy atom. The molecule has 0 bridgehead atoms. The molecule has 7 heteroatoms. The normalized spacial score (nSPS) is 16.2. The summed E-state index contributed by atoms with van der Waals surface area (Å²) in [4.78, 5) is 18.4. The van der Waals surface area contributed by atoms with Crippen LogP contribution in [0.4, 0.5) is 5.13 Å². The van der Waals surface area contributed by atoms with Gasteiger partial charge in [0, 0.05) is 11.3 Å². The van der Waals surface area contributed by atoms with Crippen LogP contribution in [0.25, 0.3) is 22.6 Å². The zero-order valence-corrected chi connectivity index (χ0v) is 19.0. The molecule has 2 aliphatic rings. The highest BCUT2D eigenvalue weighted by Crippen LogP contribution is 2.42. The van der Waals surface area contributed by atoms with Gasteiger partial charge in [0.2, 0.25) is 5.13 Å². The van der Waals surface area contributed by atoms with Crippen molar-refractivity contribution in [3.8, 4) is 5.75 Å². The smallest absolute Gasteiger partial charge is 0.258 e. The monoisotopic (exact) mass is 454 g/mol. The second-order valence-electron chi connectivity index (χ2n) is 8.45. The molecule has 164 valence electrons. The van der Waals surface area contributed by atoms with E-state index in [1.165, 1.54) is 11.3 Å². The first-order valence-corrected chi connectivity index (χ1v) is 11.9. The molecule has 1 fully saturated rings. The third-order valence-electron chi connectivity index (χ3n) is 6.21. The number of anilines is 1. The number of ether oxygens (including phenoxy) is 1. The number of nitrogens with zero attached hydrogens (tertiary/aromatic N) is 3. The third-order valence-corrected chi connectivity index (χ3v) is 7.21. The number of hydrogen-bond donors (Lipinski definition) is 1. The lowest BCUT2D eigenvalue weighted by atomic mass is 10.00. The number of pyridine rings is 1. The molecule has 0 unspecified atom stereocenters. The molecule has 6 rings (SSSR count). The van der Waals surface area contributed by atoms with Gasteiger partial charge in [-0.25, -0.2) is 4.98 Å². The molecule has 1 amide bonds. The maximum atomic E-state index is 13.5. The average molecular weight is 455 g/mol. The van der Waals surface area contributed by atoms with Crippen LogP contribution in [0.15, 0.2) is 48.5 Å². The molecule has 2 aromatic carbocycles. The molecule has 2 aliphatic carbocycles. The number of fused-ring (bicyclic) bond motifs is 2. The van der Waals surface area contributed by atoms with Gasteiger partial charge in [0.05, 0.1) is 23.9 Å². The van der Waals surface area contributed by atoms with E-state index in [1.807, 2.05) is 48.5 Å². The number of hydrogen-bond acceptors (Lipinski definition) is 6. The summed E-state index contributed by atoms with van der Waals surface area (Å²) in [6, 6.07) is 15.8. The molecule has 2 aromatic heterocycles. The molecule has 0 aliphatic heterocycles. The molecule has 33 heavy (non-hydrogen) atoms. The predicted octanol–water partition coefficient (Wildman–Crippen LogP) is 5.71. The second-order valence-corrected chi connectivity index (χ2v) is 9.46. The lowest BCUT2D eigenvalue weighted by molar-refractivity contribution is 0.102. The van der Waals surface area contributed by atoms with Crippen LogP contribution in [-0.4, -0.2) is 28.2 Å². The van der Waals surface area contributed by atoms with E-state index in [-0.39, 0.29) is 5.91 Å². The fourth-order valence-electron chi connectivity index (χ4n) is 4.38. The minimum absolute atomic E-state index is 0.144. The predicted molar refractivity (Wildman–Crippen MR) is 131 cm³/mol. The summed E-state index contributed by atoms with van der Waals surface area (Å²) >= 11 is 1.48. The quantitative estimate of drug-likeness (QED) is 0.418. The van der Waals surface area contributed by atoms with Crippen molar-refractivity contribution in [3.05, 3.63) is 75.9 Å². The van der Waals surface area contributed by atoms with Crippen LogP contribution in [0.1, 0.15) is 57.4 Å².